The highest BCUT2D eigenvalue weighted by Crippen LogP contribution is 2.20. The van der Waals surface area contributed by atoms with Crippen LogP contribution in [-0.2, 0) is 4.79 Å². The molecule has 0 spiro atoms. The number of carbonyl (C=O) groups is 2. The summed E-state index contributed by atoms with van der Waals surface area (Å²) in [6, 6.07) is 5.25. The van der Waals surface area contributed by atoms with E-state index in [4.69, 9.17) is 5.73 Å². The number of likely N-dealkylation sites (N-methyl/N-ethyl adjacent to an activating group) is 1. The Labute approximate surface area is 112 Å². The number of hydrogen-bond acceptors (Lipinski definition) is 3. The van der Waals surface area contributed by atoms with E-state index in [0.717, 1.165) is 5.56 Å². The number of benzene rings is 1. The normalized spacial score (nSPS) is 14.9. The van der Waals surface area contributed by atoms with Crippen molar-refractivity contribution in [1.82, 2.24) is 9.80 Å². The third-order valence-corrected chi connectivity index (χ3v) is 3.29. The maximum absolute atomic E-state index is 11.9. The number of amides is 3. The summed E-state index contributed by atoms with van der Waals surface area (Å²) in [5.74, 6) is -0.211. The van der Waals surface area contributed by atoms with Crippen molar-refractivity contribution in [3.05, 3.63) is 23.8 Å². The number of nitrogen functional groups attached to an aromatic ring is 1. The highest BCUT2D eigenvalue weighted by atomic mass is 16.2. The molecule has 102 valence electrons. The first-order valence-corrected chi connectivity index (χ1v) is 6.14. The molecule has 0 bridgehead atoms. The number of carbonyl (C=O) groups excluding carboxylic acids is 2. The van der Waals surface area contributed by atoms with Crippen LogP contribution in [0.5, 0.6) is 0 Å². The molecule has 0 aliphatic carbocycles. The SMILES string of the molecule is Cc1c(N)cccc1NC(=O)CN1CCN(C)C1=O. The van der Waals surface area contributed by atoms with Crippen molar-refractivity contribution >= 4 is 23.3 Å². The van der Waals surface area contributed by atoms with Crippen LogP contribution in [0.4, 0.5) is 16.2 Å². The highest BCUT2D eigenvalue weighted by molar-refractivity contribution is 5.95. The fraction of sp³-hybridized carbons (Fsp3) is 0.385. The number of hydrogen-bond donors (Lipinski definition) is 2. The van der Waals surface area contributed by atoms with E-state index < -0.39 is 0 Å². The summed E-state index contributed by atoms with van der Waals surface area (Å²) < 4.78 is 0. The van der Waals surface area contributed by atoms with Crippen molar-refractivity contribution in [3.63, 3.8) is 0 Å². The molecule has 3 N–H and O–H groups in total. The smallest absolute Gasteiger partial charge is 0.320 e. The van der Waals surface area contributed by atoms with Gasteiger partial charge in [-0.25, -0.2) is 4.79 Å². The first-order valence-electron chi connectivity index (χ1n) is 6.14. The molecule has 1 aromatic rings. The van der Waals surface area contributed by atoms with Gasteiger partial charge in [-0.1, -0.05) is 6.07 Å². The molecule has 0 radical (unpaired) electrons. The summed E-state index contributed by atoms with van der Waals surface area (Å²) in [4.78, 5) is 26.7. The van der Waals surface area contributed by atoms with Gasteiger partial charge in [0, 0.05) is 31.5 Å². The first kappa shape index (κ1) is 13.2. The van der Waals surface area contributed by atoms with Crippen molar-refractivity contribution in [2.45, 2.75) is 6.92 Å². The Morgan fingerprint density at radius 1 is 1.42 bits per heavy atom. The summed E-state index contributed by atoms with van der Waals surface area (Å²) in [6.07, 6.45) is 0. The monoisotopic (exact) mass is 262 g/mol. The Bertz CT molecular complexity index is 515. The van der Waals surface area contributed by atoms with Gasteiger partial charge in [0.05, 0.1) is 0 Å². The van der Waals surface area contributed by atoms with E-state index in [2.05, 4.69) is 5.32 Å². The molecule has 1 saturated heterocycles. The molecular weight excluding hydrogens is 244 g/mol. The zero-order valence-corrected chi connectivity index (χ0v) is 11.1. The lowest BCUT2D eigenvalue weighted by Gasteiger charge is -2.16. The van der Waals surface area contributed by atoms with Crippen LogP contribution < -0.4 is 11.1 Å². The van der Waals surface area contributed by atoms with Crippen molar-refractivity contribution in [1.29, 1.82) is 0 Å². The van der Waals surface area contributed by atoms with E-state index in [9.17, 15) is 9.59 Å². The largest absolute Gasteiger partial charge is 0.398 e. The van der Waals surface area contributed by atoms with Gasteiger partial charge in [-0.05, 0) is 24.6 Å². The second-order valence-electron chi connectivity index (χ2n) is 4.69. The van der Waals surface area contributed by atoms with Gasteiger partial charge in [0.15, 0.2) is 0 Å². The first-order chi connectivity index (χ1) is 8.99. The molecule has 19 heavy (non-hydrogen) atoms. The molecule has 1 fully saturated rings. The van der Waals surface area contributed by atoms with Crippen LogP contribution in [0.25, 0.3) is 0 Å². The molecule has 0 aromatic heterocycles. The average molecular weight is 262 g/mol. The molecule has 1 aliphatic heterocycles. The Balaban J connectivity index is 1.98. The van der Waals surface area contributed by atoms with Gasteiger partial charge in [0.1, 0.15) is 6.54 Å². The van der Waals surface area contributed by atoms with E-state index in [1.807, 2.05) is 6.92 Å². The maximum Gasteiger partial charge on any atom is 0.320 e. The van der Waals surface area contributed by atoms with Crippen LogP contribution in [0, 0.1) is 6.92 Å². The fourth-order valence-corrected chi connectivity index (χ4v) is 2.00. The fourth-order valence-electron chi connectivity index (χ4n) is 2.00. The molecule has 1 heterocycles. The second kappa shape index (κ2) is 5.17. The van der Waals surface area contributed by atoms with E-state index >= 15 is 0 Å². The zero-order chi connectivity index (χ0) is 14.0. The van der Waals surface area contributed by atoms with Gasteiger partial charge in [0.25, 0.3) is 0 Å². The van der Waals surface area contributed by atoms with E-state index in [1.54, 1.807) is 30.1 Å². The summed E-state index contributed by atoms with van der Waals surface area (Å²) in [7, 11) is 1.72. The number of rotatable bonds is 3. The van der Waals surface area contributed by atoms with Gasteiger partial charge < -0.3 is 20.9 Å². The molecule has 0 unspecified atom stereocenters. The number of urea groups is 1. The Morgan fingerprint density at radius 2 is 2.16 bits per heavy atom. The van der Waals surface area contributed by atoms with Crippen LogP contribution in [0.15, 0.2) is 18.2 Å². The minimum absolute atomic E-state index is 0.0669. The third kappa shape index (κ3) is 2.78. The van der Waals surface area contributed by atoms with Crippen LogP contribution in [0.2, 0.25) is 0 Å². The molecular formula is C13H18N4O2. The van der Waals surface area contributed by atoms with Crippen molar-refractivity contribution in [2.24, 2.45) is 0 Å². The molecule has 1 aromatic carbocycles. The van der Waals surface area contributed by atoms with Crippen molar-refractivity contribution in [2.75, 3.05) is 37.7 Å². The summed E-state index contributed by atoms with van der Waals surface area (Å²) in [6.45, 7) is 3.15. The zero-order valence-electron chi connectivity index (χ0n) is 11.1. The molecule has 6 nitrogen and oxygen atoms in total. The Morgan fingerprint density at radius 3 is 2.79 bits per heavy atom. The van der Waals surface area contributed by atoms with Gasteiger partial charge in [-0.2, -0.15) is 0 Å². The molecule has 0 saturated carbocycles. The third-order valence-electron chi connectivity index (χ3n) is 3.29. The van der Waals surface area contributed by atoms with Gasteiger partial charge in [-0.3, -0.25) is 4.79 Å². The number of nitrogens with one attached hydrogen (secondary N) is 1. The van der Waals surface area contributed by atoms with Gasteiger partial charge >= 0.3 is 6.03 Å². The van der Waals surface area contributed by atoms with Crippen LogP contribution in [0.1, 0.15) is 5.56 Å². The van der Waals surface area contributed by atoms with Crippen molar-refractivity contribution in [3.8, 4) is 0 Å². The topological polar surface area (TPSA) is 78.7 Å². The second-order valence-corrected chi connectivity index (χ2v) is 4.69. The lowest BCUT2D eigenvalue weighted by atomic mass is 10.1. The summed E-state index contributed by atoms with van der Waals surface area (Å²) in [5, 5.41) is 2.78. The Kier molecular flexibility index (Phi) is 3.59. The molecule has 0 atom stereocenters. The average Bonchev–Trinajstić information content (AvgIpc) is 2.67. The van der Waals surface area contributed by atoms with E-state index in [0.29, 0.717) is 24.5 Å². The number of anilines is 2. The predicted molar refractivity (Wildman–Crippen MR) is 73.8 cm³/mol. The number of nitrogens with zero attached hydrogens (tertiary/aromatic N) is 2. The van der Waals surface area contributed by atoms with Gasteiger partial charge in [-0.15, -0.1) is 0 Å². The summed E-state index contributed by atoms with van der Waals surface area (Å²) in [5.41, 5.74) is 7.93. The minimum atomic E-state index is -0.211. The van der Waals surface area contributed by atoms with E-state index in [-0.39, 0.29) is 18.5 Å². The quantitative estimate of drug-likeness (QED) is 0.794. The predicted octanol–water partition coefficient (Wildman–Crippen LogP) is 0.883. The molecule has 6 heteroatoms. The summed E-state index contributed by atoms with van der Waals surface area (Å²) >= 11 is 0. The molecule has 2 rings (SSSR count). The van der Waals surface area contributed by atoms with Crippen molar-refractivity contribution < 1.29 is 9.59 Å². The van der Waals surface area contributed by atoms with Crippen LogP contribution in [0.3, 0.4) is 0 Å². The standard InChI is InChI=1S/C13H18N4O2/c1-9-10(14)4-3-5-11(9)15-12(18)8-17-7-6-16(2)13(17)19/h3-5H,6-8,14H2,1-2H3,(H,15,18). The number of nitrogens with two attached hydrogens (primary N) is 1. The van der Waals surface area contributed by atoms with Crippen LogP contribution in [-0.4, -0.2) is 48.4 Å². The molecule has 1 aliphatic rings. The highest BCUT2D eigenvalue weighted by Gasteiger charge is 2.26. The maximum atomic E-state index is 11.9. The van der Waals surface area contributed by atoms with Crippen LogP contribution >= 0.6 is 0 Å². The lowest BCUT2D eigenvalue weighted by molar-refractivity contribution is -0.116. The van der Waals surface area contributed by atoms with E-state index in [1.165, 1.54) is 4.90 Å². The van der Waals surface area contributed by atoms with Gasteiger partial charge in [0.2, 0.25) is 5.91 Å². The minimum Gasteiger partial charge on any atom is -0.398 e. The lowest BCUT2D eigenvalue weighted by Crippen LogP contribution is -2.36. The molecule has 3 amide bonds. The Hall–Kier alpha value is -2.24.